The minimum Gasteiger partial charge on any atom is -0.337 e. The first-order chi connectivity index (χ1) is 14.3. The number of likely N-dealkylation sites (tertiary alicyclic amines) is 1. The number of fused-ring (bicyclic) bond motifs is 1. The van der Waals surface area contributed by atoms with E-state index in [1.54, 1.807) is 0 Å². The van der Waals surface area contributed by atoms with Gasteiger partial charge in [0.2, 0.25) is 0 Å². The Morgan fingerprint density at radius 2 is 2.00 bits per heavy atom. The molecule has 6 nitrogen and oxygen atoms in total. The van der Waals surface area contributed by atoms with Crippen molar-refractivity contribution in [3.8, 4) is 0 Å². The topological polar surface area (TPSA) is 63.1 Å². The fraction of sp³-hybridized carbons (Fsp3) is 0.609. The molecular formula is C23H33N5O. The molecule has 1 N–H and O–H groups in total. The quantitative estimate of drug-likeness (QED) is 0.732. The van der Waals surface area contributed by atoms with Crippen molar-refractivity contribution >= 4 is 5.91 Å². The van der Waals surface area contributed by atoms with Crippen molar-refractivity contribution < 1.29 is 4.79 Å². The zero-order valence-corrected chi connectivity index (χ0v) is 17.6. The van der Waals surface area contributed by atoms with Gasteiger partial charge in [-0.15, -0.1) is 0 Å². The smallest absolute Gasteiger partial charge is 0.274 e. The number of amides is 1. The minimum absolute atomic E-state index is 0.145. The van der Waals surface area contributed by atoms with Crippen LogP contribution in [0.3, 0.4) is 0 Å². The molecule has 1 aliphatic heterocycles. The largest absolute Gasteiger partial charge is 0.337 e. The second kappa shape index (κ2) is 9.53. The Balaban J connectivity index is 1.38. The second-order valence-corrected chi connectivity index (χ2v) is 8.30. The number of aromatic nitrogens is 3. The third kappa shape index (κ3) is 4.69. The third-order valence-electron chi connectivity index (χ3n) is 6.32. The lowest BCUT2D eigenvalue weighted by Gasteiger charge is -2.27. The van der Waals surface area contributed by atoms with E-state index >= 15 is 0 Å². The average Bonchev–Trinajstić information content (AvgIpc) is 3.15. The molecule has 0 saturated carbocycles. The number of piperidine rings is 1. The molecule has 3 heterocycles. The molecule has 2 aromatic rings. The van der Waals surface area contributed by atoms with E-state index in [0.717, 1.165) is 71.1 Å². The van der Waals surface area contributed by atoms with Crippen LogP contribution in [-0.2, 0) is 25.8 Å². The maximum Gasteiger partial charge on any atom is 0.274 e. The lowest BCUT2D eigenvalue weighted by molar-refractivity contribution is 0.0716. The van der Waals surface area contributed by atoms with E-state index in [0.29, 0.717) is 11.7 Å². The van der Waals surface area contributed by atoms with Crippen LogP contribution in [-0.4, -0.2) is 51.2 Å². The monoisotopic (exact) mass is 395 g/mol. The summed E-state index contributed by atoms with van der Waals surface area (Å²) in [4.78, 5) is 19.2. The Hall–Kier alpha value is -2.21. The Morgan fingerprint density at radius 3 is 2.76 bits per heavy atom. The summed E-state index contributed by atoms with van der Waals surface area (Å²) in [6.07, 6.45) is 12.4. The Bertz CT molecular complexity index is 810. The number of pyridine rings is 1. The SMILES string of the molecule is CCn1nc(C(=O)N2CCCCC2)c2c1CC[C@H](NCCCc1ccncc1)C2. The maximum absolute atomic E-state index is 13.1. The molecule has 1 saturated heterocycles. The third-order valence-corrected chi connectivity index (χ3v) is 6.32. The lowest BCUT2D eigenvalue weighted by atomic mass is 9.90. The zero-order chi connectivity index (χ0) is 20.1. The molecule has 0 unspecified atom stereocenters. The van der Waals surface area contributed by atoms with Crippen molar-refractivity contribution in [3.63, 3.8) is 0 Å². The van der Waals surface area contributed by atoms with Crippen LogP contribution in [0.2, 0.25) is 0 Å². The first-order valence-corrected chi connectivity index (χ1v) is 11.3. The van der Waals surface area contributed by atoms with Crippen LogP contribution < -0.4 is 5.32 Å². The van der Waals surface area contributed by atoms with Gasteiger partial charge in [0.05, 0.1) is 0 Å². The van der Waals surface area contributed by atoms with E-state index < -0.39 is 0 Å². The first kappa shape index (κ1) is 20.1. The molecule has 1 atom stereocenters. The van der Waals surface area contributed by atoms with Crippen LogP contribution in [0, 0.1) is 0 Å². The van der Waals surface area contributed by atoms with Crippen molar-refractivity contribution in [3.05, 3.63) is 47.0 Å². The number of hydrogen-bond donors (Lipinski definition) is 1. The molecule has 1 fully saturated rings. The molecule has 29 heavy (non-hydrogen) atoms. The molecule has 156 valence electrons. The molecule has 2 aliphatic rings. The highest BCUT2D eigenvalue weighted by Crippen LogP contribution is 2.26. The summed E-state index contributed by atoms with van der Waals surface area (Å²) in [5.41, 5.74) is 4.53. The molecule has 0 aromatic carbocycles. The van der Waals surface area contributed by atoms with Gasteiger partial charge in [-0.3, -0.25) is 14.5 Å². The van der Waals surface area contributed by atoms with Gasteiger partial charge in [0.15, 0.2) is 5.69 Å². The summed E-state index contributed by atoms with van der Waals surface area (Å²) in [6.45, 7) is 5.71. The van der Waals surface area contributed by atoms with Crippen LogP contribution in [0.5, 0.6) is 0 Å². The summed E-state index contributed by atoms with van der Waals surface area (Å²) < 4.78 is 2.06. The van der Waals surface area contributed by atoms with Crippen LogP contribution in [0.15, 0.2) is 24.5 Å². The summed E-state index contributed by atoms with van der Waals surface area (Å²) in [5.74, 6) is 0.145. The molecule has 0 bridgehead atoms. The van der Waals surface area contributed by atoms with Gasteiger partial charge in [-0.05, 0) is 82.5 Å². The van der Waals surface area contributed by atoms with Gasteiger partial charge in [0.1, 0.15) is 0 Å². The predicted molar refractivity (Wildman–Crippen MR) is 114 cm³/mol. The molecule has 2 aromatic heterocycles. The van der Waals surface area contributed by atoms with Crippen LogP contribution in [0.1, 0.15) is 66.3 Å². The van der Waals surface area contributed by atoms with Gasteiger partial charge >= 0.3 is 0 Å². The van der Waals surface area contributed by atoms with Crippen LogP contribution in [0.25, 0.3) is 0 Å². The Labute approximate surface area is 173 Å². The van der Waals surface area contributed by atoms with Crippen LogP contribution >= 0.6 is 0 Å². The standard InChI is InChI=1S/C23H33N5O/c1-2-28-21-9-8-19(25-12-6-7-18-10-13-24-14-11-18)17-20(21)22(26-28)23(29)27-15-4-3-5-16-27/h10-11,13-14,19,25H,2-9,12,15-17H2,1H3/t19-/m0/s1. The number of carbonyl (C=O) groups excluding carboxylic acids is 1. The van der Waals surface area contributed by atoms with Crippen molar-refractivity contribution in [1.29, 1.82) is 0 Å². The van der Waals surface area contributed by atoms with E-state index in [-0.39, 0.29) is 5.91 Å². The molecule has 6 heteroatoms. The van der Waals surface area contributed by atoms with E-state index in [9.17, 15) is 4.79 Å². The fourth-order valence-electron chi connectivity index (χ4n) is 4.69. The minimum atomic E-state index is 0.145. The average molecular weight is 396 g/mol. The van der Waals surface area contributed by atoms with Crippen molar-refractivity contribution in [2.75, 3.05) is 19.6 Å². The van der Waals surface area contributed by atoms with E-state index in [1.807, 2.05) is 17.3 Å². The van der Waals surface area contributed by atoms with E-state index in [4.69, 9.17) is 5.10 Å². The molecule has 4 rings (SSSR count). The highest BCUT2D eigenvalue weighted by Gasteiger charge is 2.31. The fourth-order valence-corrected chi connectivity index (χ4v) is 4.69. The number of nitrogens with one attached hydrogen (secondary N) is 1. The lowest BCUT2D eigenvalue weighted by Crippen LogP contribution is -2.38. The number of rotatable bonds is 7. The van der Waals surface area contributed by atoms with Gasteiger partial charge in [-0.25, -0.2) is 0 Å². The van der Waals surface area contributed by atoms with Crippen LogP contribution in [0.4, 0.5) is 0 Å². The molecular weight excluding hydrogens is 362 g/mol. The molecule has 1 amide bonds. The number of nitrogens with zero attached hydrogens (tertiary/aromatic N) is 4. The van der Waals surface area contributed by atoms with Crippen molar-refractivity contribution in [2.24, 2.45) is 0 Å². The number of carbonyl (C=O) groups is 1. The number of hydrogen-bond acceptors (Lipinski definition) is 4. The highest BCUT2D eigenvalue weighted by atomic mass is 16.2. The highest BCUT2D eigenvalue weighted by molar-refractivity contribution is 5.94. The summed E-state index contributed by atoms with van der Waals surface area (Å²) in [5, 5.41) is 8.48. The first-order valence-electron chi connectivity index (χ1n) is 11.3. The summed E-state index contributed by atoms with van der Waals surface area (Å²) in [7, 11) is 0. The normalized spacial score (nSPS) is 19.2. The molecule has 1 aliphatic carbocycles. The van der Waals surface area contributed by atoms with Gasteiger partial charge in [-0.2, -0.15) is 5.10 Å². The molecule has 0 radical (unpaired) electrons. The second-order valence-electron chi connectivity index (χ2n) is 8.30. The van der Waals surface area contributed by atoms with E-state index in [1.165, 1.54) is 23.2 Å². The maximum atomic E-state index is 13.1. The predicted octanol–water partition coefficient (Wildman–Crippen LogP) is 3.00. The van der Waals surface area contributed by atoms with Crippen molar-refractivity contribution in [2.45, 2.75) is 70.9 Å². The van der Waals surface area contributed by atoms with Gasteiger partial charge in [-0.1, -0.05) is 0 Å². The summed E-state index contributed by atoms with van der Waals surface area (Å²) >= 11 is 0. The molecule has 0 spiro atoms. The number of aryl methyl sites for hydroxylation is 2. The van der Waals surface area contributed by atoms with Gasteiger partial charge in [0.25, 0.3) is 5.91 Å². The summed E-state index contributed by atoms with van der Waals surface area (Å²) in [6, 6.07) is 4.61. The zero-order valence-electron chi connectivity index (χ0n) is 17.6. The Morgan fingerprint density at radius 1 is 1.21 bits per heavy atom. The van der Waals surface area contributed by atoms with Crippen molar-refractivity contribution in [1.82, 2.24) is 25.0 Å². The van der Waals surface area contributed by atoms with E-state index in [2.05, 4.69) is 34.0 Å². The van der Waals surface area contributed by atoms with Gasteiger partial charge < -0.3 is 10.2 Å². The Kier molecular flexibility index (Phi) is 6.60. The van der Waals surface area contributed by atoms with Gasteiger partial charge in [0, 0.05) is 49.3 Å².